The van der Waals surface area contributed by atoms with Crippen molar-refractivity contribution >= 4 is 12.2 Å². The molecule has 4 nitrogen and oxygen atoms in total. The lowest BCUT2D eigenvalue weighted by atomic mass is 10.1. The lowest BCUT2D eigenvalue weighted by Crippen LogP contribution is -2.21. The van der Waals surface area contributed by atoms with Gasteiger partial charge in [0.05, 0.1) is 5.56 Å². The third-order valence-electron chi connectivity index (χ3n) is 1.63. The van der Waals surface area contributed by atoms with Gasteiger partial charge in [0.1, 0.15) is 12.0 Å². The maximum Gasteiger partial charge on any atom is 0.573 e. The topological polar surface area (TPSA) is 69.4 Å². The van der Waals surface area contributed by atoms with Crippen LogP contribution in [0, 0.1) is 0 Å². The summed E-state index contributed by atoms with van der Waals surface area (Å²) in [5.41, 5.74) is 4.36. The predicted molar refractivity (Wildman–Crippen MR) is 47.0 cm³/mol. The van der Waals surface area contributed by atoms with Crippen LogP contribution < -0.4 is 10.5 Å². The van der Waals surface area contributed by atoms with E-state index < -0.39 is 23.6 Å². The van der Waals surface area contributed by atoms with E-state index in [2.05, 4.69) is 4.74 Å². The Morgan fingerprint density at radius 2 is 2.00 bits per heavy atom. The van der Waals surface area contributed by atoms with Crippen molar-refractivity contribution in [2.45, 2.75) is 6.36 Å². The summed E-state index contributed by atoms with van der Waals surface area (Å²) in [6.45, 7) is 0. The second-order valence-corrected chi connectivity index (χ2v) is 2.79. The molecule has 0 aliphatic rings. The highest BCUT2D eigenvalue weighted by Gasteiger charge is 2.32. The molecule has 7 heteroatoms. The fourth-order valence-corrected chi connectivity index (χ4v) is 1.02. The molecule has 86 valence electrons. The van der Waals surface area contributed by atoms with Gasteiger partial charge in [0.15, 0.2) is 0 Å². The minimum absolute atomic E-state index is 0.0516. The Bertz CT molecular complexity index is 428. The summed E-state index contributed by atoms with van der Waals surface area (Å²) in [7, 11) is 0. The van der Waals surface area contributed by atoms with Crippen LogP contribution in [-0.4, -0.2) is 18.6 Å². The highest BCUT2D eigenvalue weighted by molar-refractivity contribution is 5.96. The average molecular weight is 233 g/mol. The second kappa shape index (κ2) is 4.21. The number of halogens is 3. The normalized spacial score (nSPS) is 10.9. The Kier molecular flexibility index (Phi) is 3.17. The monoisotopic (exact) mass is 233 g/mol. The number of hydrogen-bond donors (Lipinski definition) is 1. The van der Waals surface area contributed by atoms with Crippen LogP contribution in [0.3, 0.4) is 0 Å². The molecular formula is C9H6F3NO3. The Balaban J connectivity index is 3.20. The van der Waals surface area contributed by atoms with Crippen molar-refractivity contribution in [3.8, 4) is 5.75 Å². The van der Waals surface area contributed by atoms with E-state index >= 15 is 0 Å². The molecule has 0 aromatic heterocycles. The smallest absolute Gasteiger partial charge is 0.405 e. The zero-order valence-electron chi connectivity index (χ0n) is 7.75. The fraction of sp³-hybridized carbons (Fsp3) is 0.111. The molecule has 1 aromatic carbocycles. The lowest BCUT2D eigenvalue weighted by Gasteiger charge is -2.11. The summed E-state index contributed by atoms with van der Waals surface area (Å²) < 4.78 is 39.5. The third-order valence-corrected chi connectivity index (χ3v) is 1.63. The summed E-state index contributed by atoms with van der Waals surface area (Å²) in [5.74, 6) is -1.86. The first-order valence-corrected chi connectivity index (χ1v) is 3.98. The molecule has 1 amide bonds. The quantitative estimate of drug-likeness (QED) is 0.804. The van der Waals surface area contributed by atoms with Crippen LogP contribution in [0.2, 0.25) is 0 Å². The molecule has 0 bridgehead atoms. The van der Waals surface area contributed by atoms with E-state index in [0.29, 0.717) is 6.29 Å². The molecule has 0 saturated heterocycles. The number of ether oxygens (including phenoxy) is 1. The van der Waals surface area contributed by atoms with Crippen LogP contribution in [0.5, 0.6) is 5.75 Å². The van der Waals surface area contributed by atoms with Gasteiger partial charge in [-0.15, -0.1) is 13.2 Å². The maximum atomic E-state index is 12.0. The van der Waals surface area contributed by atoms with Crippen molar-refractivity contribution in [1.82, 2.24) is 0 Å². The molecule has 1 aromatic rings. The van der Waals surface area contributed by atoms with Crippen LogP contribution in [0.15, 0.2) is 18.2 Å². The largest absolute Gasteiger partial charge is 0.573 e. The Labute approximate surface area is 87.8 Å². The molecule has 0 saturated carbocycles. The summed E-state index contributed by atoms with van der Waals surface area (Å²) in [6.07, 6.45) is -4.63. The molecule has 0 heterocycles. The number of primary amides is 1. The van der Waals surface area contributed by atoms with E-state index in [-0.39, 0.29) is 5.56 Å². The van der Waals surface area contributed by atoms with Gasteiger partial charge in [0.25, 0.3) is 5.91 Å². The molecule has 0 atom stereocenters. The number of benzene rings is 1. The van der Waals surface area contributed by atoms with Crippen LogP contribution in [-0.2, 0) is 0 Å². The van der Waals surface area contributed by atoms with Gasteiger partial charge < -0.3 is 10.5 Å². The molecule has 2 N–H and O–H groups in total. The van der Waals surface area contributed by atoms with Gasteiger partial charge in [-0.05, 0) is 12.1 Å². The Morgan fingerprint density at radius 1 is 1.38 bits per heavy atom. The van der Waals surface area contributed by atoms with Gasteiger partial charge in [0.2, 0.25) is 0 Å². The zero-order valence-corrected chi connectivity index (χ0v) is 7.75. The van der Waals surface area contributed by atoms with Crippen LogP contribution >= 0.6 is 0 Å². The van der Waals surface area contributed by atoms with E-state index in [0.717, 1.165) is 18.2 Å². The average Bonchev–Trinajstić information content (AvgIpc) is 2.14. The van der Waals surface area contributed by atoms with E-state index in [4.69, 9.17) is 5.73 Å². The first-order chi connectivity index (χ1) is 7.33. The number of nitrogens with two attached hydrogens (primary N) is 1. The number of carbonyl (C=O) groups is 2. The van der Waals surface area contributed by atoms with Crippen molar-refractivity contribution in [1.29, 1.82) is 0 Å². The van der Waals surface area contributed by atoms with Gasteiger partial charge in [-0.25, -0.2) is 0 Å². The second-order valence-electron chi connectivity index (χ2n) is 2.79. The van der Waals surface area contributed by atoms with Crippen molar-refractivity contribution in [2.24, 2.45) is 5.73 Å². The zero-order chi connectivity index (χ0) is 12.3. The maximum absolute atomic E-state index is 12.0. The Hall–Kier alpha value is -2.05. The molecule has 16 heavy (non-hydrogen) atoms. The van der Waals surface area contributed by atoms with Crippen molar-refractivity contribution in [3.05, 3.63) is 29.3 Å². The summed E-state index contributed by atoms with van der Waals surface area (Å²) in [5, 5.41) is 0. The number of amides is 1. The summed E-state index contributed by atoms with van der Waals surface area (Å²) >= 11 is 0. The standard InChI is InChI=1S/C9H6F3NO3/c10-9(11,12)16-7-3-5(4-14)1-2-6(7)8(13)15/h1-4H,(H2,13,15). The molecule has 0 spiro atoms. The van der Waals surface area contributed by atoms with Gasteiger partial charge in [-0.3, -0.25) is 9.59 Å². The van der Waals surface area contributed by atoms with E-state index in [1.807, 2.05) is 0 Å². The van der Waals surface area contributed by atoms with Gasteiger partial charge in [0, 0.05) is 5.56 Å². The van der Waals surface area contributed by atoms with E-state index in [9.17, 15) is 22.8 Å². The molecule has 0 aliphatic heterocycles. The number of rotatable bonds is 3. The number of hydrogen-bond acceptors (Lipinski definition) is 3. The van der Waals surface area contributed by atoms with Crippen LogP contribution in [0.25, 0.3) is 0 Å². The third kappa shape index (κ3) is 2.97. The first-order valence-electron chi connectivity index (χ1n) is 3.98. The SMILES string of the molecule is NC(=O)c1ccc(C=O)cc1OC(F)(F)F. The number of alkyl halides is 3. The minimum Gasteiger partial charge on any atom is -0.405 e. The fourth-order valence-electron chi connectivity index (χ4n) is 1.02. The molecule has 0 fully saturated rings. The summed E-state index contributed by atoms with van der Waals surface area (Å²) in [4.78, 5) is 21.1. The van der Waals surface area contributed by atoms with Gasteiger partial charge in [-0.2, -0.15) is 0 Å². The van der Waals surface area contributed by atoms with Gasteiger partial charge in [-0.1, -0.05) is 6.07 Å². The minimum atomic E-state index is -4.95. The highest BCUT2D eigenvalue weighted by Crippen LogP contribution is 2.26. The number of aldehydes is 1. The first kappa shape index (κ1) is 12.0. The lowest BCUT2D eigenvalue weighted by molar-refractivity contribution is -0.274. The van der Waals surface area contributed by atoms with E-state index in [1.165, 1.54) is 0 Å². The van der Waals surface area contributed by atoms with Crippen molar-refractivity contribution in [2.75, 3.05) is 0 Å². The predicted octanol–water partition coefficient (Wildman–Crippen LogP) is 1.50. The molecular weight excluding hydrogens is 227 g/mol. The molecule has 0 aliphatic carbocycles. The molecule has 1 rings (SSSR count). The number of carbonyl (C=O) groups excluding carboxylic acids is 2. The van der Waals surface area contributed by atoms with Gasteiger partial charge >= 0.3 is 6.36 Å². The molecule has 0 unspecified atom stereocenters. The van der Waals surface area contributed by atoms with Crippen LogP contribution in [0.4, 0.5) is 13.2 Å². The van der Waals surface area contributed by atoms with Crippen molar-refractivity contribution in [3.63, 3.8) is 0 Å². The summed E-state index contributed by atoms with van der Waals surface area (Å²) in [6, 6.07) is 2.95. The van der Waals surface area contributed by atoms with Crippen LogP contribution in [0.1, 0.15) is 20.7 Å². The Morgan fingerprint density at radius 3 is 2.44 bits per heavy atom. The molecule has 0 radical (unpaired) electrons. The van der Waals surface area contributed by atoms with Crippen molar-refractivity contribution < 1.29 is 27.5 Å². The highest BCUT2D eigenvalue weighted by atomic mass is 19.4. The van der Waals surface area contributed by atoms with E-state index in [1.54, 1.807) is 0 Å².